The Morgan fingerprint density at radius 2 is 2.29 bits per heavy atom. The first-order valence-electron chi connectivity index (χ1n) is 3.93. The number of hydrogen-bond acceptors (Lipinski definition) is 5. The molecule has 0 unspecified atom stereocenters. The Labute approximate surface area is 88.0 Å². The lowest BCUT2D eigenvalue weighted by atomic mass is 10.4. The molecule has 0 aliphatic rings. The molecule has 0 saturated heterocycles. The van der Waals surface area contributed by atoms with Crippen LogP contribution in [0.3, 0.4) is 0 Å². The molecule has 0 saturated carbocycles. The van der Waals surface area contributed by atoms with Crippen molar-refractivity contribution in [2.75, 3.05) is 13.7 Å². The van der Waals surface area contributed by atoms with E-state index in [1.54, 1.807) is 6.92 Å². The summed E-state index contributed by atoms with van der Waals surface area (Å²) in [5.74, 6) is 0.459. The topological polar surface area (TPSA) is 78.3 Å². The van der Waals surface area contributed by atoms with Crippen LogP contribution in [0.1, 0.15) is 22.1 Å². The quantitative estimate of drug-likeness (QED) is 0.759. The fraction of sp³-hybridized carbons (Fsp3) is 0.500. The molecule has 0 radical (unpaired) electrons. The number of rotatable bonds is 3. The Morgan fingerprint density at radius 1 is 1.64 bits per heavy atom. The predicted octanol–water partition coefficient (Wildman–Crippen LogP) is 0.693. The highest BCUT2D eigenvalue weighted by Gasteiger charge is 2.16. The normalized spacial score (nSPS) is 9.36. The smallest absolute Gasteiger partial charge is 0.360 e. The van der Waals surface area contributed by atoms with Gasteiger partial charge in [-0.2, -0.15) is 0 Å². The number of carbonyl (C=O) groups is 1. The Morgan fingerprint density at radius 3 is 2.79 bits per heavy atom. The third kappa shape index (κ3) is 2.71. The van der Waals surface area contributed by atoms with Crippen molar-refractivity contribution in [2.45, 2.75) is 13.3 Å². The number of halogens is 1. The van der Waals surface area contributed by atoms with Crippen LogP contribution in [-0.2, 0) is 11.2 Å². The minimum Gasteiger partial charge on any atom is -0.464 e. The number of nitrogens with zero attached hydrogens (tertiary/aromatic N) is 1. The molecule has 0 aliphatic carbocycles. The third-order valence-electron chi connectivity index (χ3n) is 1.58. The minimum atomic E-state index is -0.482. The van der Waals surface area contributed by atoms with Crippen molar-refractivity contribution in [1.29, 1.82) is 0 Å². The molecule has 80 valence electrons. The second-order valence-corrected chi connectivity index (χ2v) is 2.54. The summed E-state index contributed by atoms with van der Waals surface area (Å²) in [6, 6.07) is 0. The van der Waals surface area contributed by atoms with E-state index in [-0.39, 0.29) is 18.1 Å². The molecule has 0 spiro atoms. The maximum atomic E-state index is 11.1. The summed E-state index contributed by atoms with van der Waals surface area (Å²) in [7, 11) is 1.30. The van der Waals surface area contributed by atoms with E-state index in [0.717, 1.165) is 0 Å². The highest BCUT2D eigenvalue weighted by Crippen LogP contribution is 2.10. The average molecular weight is 221 g/mol. The third-order valence-corrected chi connectivity index (χ3v) is 1.58. The van der Waals surface area contributed by atoms with Gasteiger partial charge in [0.25, 0.3) is 0 Å². The molecule has 0 atom stereocenters. The zero-order chi connectivity index (χ0) is 9.84. The van der Waals surface area contributed by atoms with Gasteiger partial charge in [0.1, 0.15) is 5.76 Å². The lowest BCUT2D eigenvalue weighted by Gasteiger charge is -1.91. The first kappa shape index (κ1) is 12.9. The first-order valence-corrected chi connectivity index (χ1v) is 3.93. The molecular formula is C8H13ClN2O3. The fourth-order valence-electron chi connectivity index (χ4n) is 0.968. The average Bonchev–Trinajstić information content (AvgIpc) is 2.46. The number of ether oxygens (including phenoxy) is 1. The Hall–Kier alpha value is -1.07. The van der Waals surface area contributed by atoms with Gasteiger partial charge in [0.2, 0.25) is 0 Å². The fourth-order valence-corrected chi connectivity index (χ4v) is 0.968. The summed E-state index contributed by atoms with van der Waals surface area (Å²) in [5.41, 5.74) is 5.54. The molecule has 2 N–H and O–H groups in total. The van der Waals surface area contributed by atoms with Crippen LogP contribution >= 0.6 is 12.4 Å². The van der Waals surface area contributed by atoms with E-state index in [0.29, 0.717) is 24.6 Å². The lowest BCUT2D eigenvalue weighted by Crippen LogP contribution is -2.05. The maximum absolute atomic E-state index is 11.1. The van der Waals surface area contributed by atoms with Crippen molar-refractivity contribution in [2.24, 2.45) is 5.73 Å². The van der Waals surface area contributed by atoms with Crippen molar-refractivity contribution in [3.8, 4) is 0 Å². The molecule has 1 aromatic rings. The molecule has 0 aromatic carbocycles. The molecule has 0 amide bonds. The summed E-state index contributed by atoms with van der Waals surface area (Å²) >= 11 is 0. The van der Waals surface area contributed by atoms with Crippen LogP contribution in [-0.4, -0.2) is 24.6 Å². The number of nitrogens with two attached hydrogens (primary N) is 1. The number of aromatic nitrogens is 1. The van der Waals surface area contributed by atoms with Crippen molar-refractivity contribution < 1.29 is 13.9 Å². The van der Waals surface area contributed by atoms with Crippen molar-refractivity contribution in [3.05, 3.63) is 17.3 Å². The molecule has 1 aromatic heterocycles. The van der Waals surface area contributed by atoms with E-state index in [9.17, 15) is 4.79 Å². The van der Waals surface area contributed by atoms with Crippen LogP contribution in [0.4, 0.5) is 0 Å². The molecule has 6 heteroatoms. The number of methoxy groups -OCH3 is 1. The van der Waals surface area contributed by atoms with Gasteiger partial charge >= 0.3 is 5.97 Å². The van der Waals surface area contributed by atoms with E-state index >= 15 is 0 Å². The molecule has 0 bridgehead atoms. The van der Waals surface area contributed by atoms with Crippen LogP contribution < -0.4 is 5.73 Å². The summed E-state index contributed by atoms with van der Waals surface area (Å²) in [6.07, 6.45) is 0.526. The Kier molecular flexibility index (Phi) is 5.19. The molecule has 14 heavy (non-hydrogen) atoms. The zero-order valence-electron chi connectivity index (χ0n) is 8.07. The summed E-state index contributed by atoms with van der Waals surface area (Å²) in [4.78, 5) is 15.0. The van der Waals surface area contributed by atoms with E-state index < -0.39 is 5.97 Å². The molecule has 0 fully saturated rings. The second-order valence-electron chi connectivity index (χ2n) is 2.54. The van der Waals surface area contributed by atoms with Gasteiger partial charge < -0.3 is 14.9 Å². The minimum absolute atomic E-state index is 0. The van der Waals surface area contributed by atoms with Gasteiger partial charge in [0.15, 0.2) is 11.6 Å². The van der Waals surface area contributed by atoms with Gasteiger partial charge in [-0.15, -0.1) is 12.4 Å². The van der Waals surface area contributed by atoms with Crippen molar-refractivity contribution in [1.82, 2.24) is 4.98 Å². The number of oxazole rings is 1. The number of esters is 1. The summed E-state index contributed by atoms with van der Waals surface area (Å²) in [5, 5.41) is 0. The lowest BCUT2D eigenvalue weighted by molar-refractivity contribution is 0.0593. The SMILES string of the molecule is COC(=O)c1nc(CCN)oc1C.Cl. The summed E-state index contributed by atoms with van der Waals surface area (Å²) in [6.45, 7) is 2.11. The van der Waals surface area contributed by atoms with Gasteiger partial charge in [-0.25, -0.2) is 9.78 Å². The number of aryl methyl sites for hydroxylation is 1. The second kappa shape index (κ2) is 5.62. The van der Waals surface area contributed by atoms with Gasteiger partial charge in [0, 0.05) is 13.0 Å². The summed E-state index contributed by atoms with van der Waals surface area (Å²) < 4.78 is 9.70. The van der Waals surface area contributed by atoms with E-state index in [2.05, 4.69) is 9.72 Å². The monoisotopic (exact) mass is 220 g/mol. The van der Waals surface area contributed by atoms with Gasteiger partial charge in [0.05, 0.1) is 7.11 Å². The van der Waals surface area contributed by atoms with E-state index in [1.165, 1.54) is 7.11 Å². The molecule has 1 heterocycles. The first-order chi connectivity index (χ1) is 6.19. The number of hydrogen-bond donors (Lipinski definition) is 1. The van der Waals surface area contributed by atoms with Gasteiger partial charge in [-0.05, 0) is 6.92 Å². The van der Waals surface area contributed by atoms with Crippen LogP contribution in [0.15, 0.2) is 4.42 Å². The highest BCUT2D eigenvalue weighted by molar-refractivity contribution is 5.88. The van der Waals surface area contributed by atoms with E-state index in [4.69, 9.17) is 10.2 Å². The van der Waals surface area contributed by atoms with Crippen LogP contribution in [0.5, 0.6) is 0 Å². The Bertz CT molecular complexity index is 312. The highest BCUT2D eigenvalue weighted by atomic mass is 35.5. The van der Waals surface area contributed by atoms with Crippen molar-refractivity contribution >= 4 is 18.4 Å². The molecule has 0 aliphatic heterocycles. The van der Waals surface area contributed by atoms with Crippen LogP contribution in [0.2, 0.25) is 0 Å². The standard InChI is InChI=1S/C8H12N2O3.ClH/c1-5-7(8(11)12-2)10-6(13-5)3-4-9;/h3-4,9H2,1-2H3;1H. The molecule has 1 rings (SSSR count). The van der Waals surface area contributed by atoms with Gasteiger partial charge in [-0.1, -0.05) is 0 Å². The molecule has 5 nitrogen and oxygen atoms in total. The van der Waals surface area contributed by atoms with Crippen LogP contribution in [0, 0.1) is 6.92 Å². The molecular weight excluding hydrogens is 208 g/mol. The van der Waals surface area contributed by atoms with Crippen LogP contribution in [0.25, 0.3) is 0 Å². The largest absolute Gasteiger partial charge is 0.464 e. The van der Waals surface area contributed by atoms with Crippen molar-refractivity contribution in [3.63, 3.8) is 0 Å². The maximum Gasteiger partial charge on any atom is 0.360 e. The Balaban J connectivity index is 0.00000169. The predicted molar refractivity (Wildman–Crippen MR) is 52.6 cm³/mol. The van der Waals surface area contributed by atoms with E-state index in [1.807, 2.05) is 0 Å². The van der Waals surface area contributed by atoms with Gasteiger partial charge in [-0.3, -0.25) is 0 Å². The zero-order valence-corrected chi connectivity index (χ0v) is 8.89. The number of carbonyl (C=O) groups excluding carboxylic acids is 1.